The predicted octanol–water partition coefficient (Wildman–Crippen LogP) is 2.86. The molecular weight excluding hydrogens is 322 g/mol. The van der Waals surface area contributed by atoms with Crippen LogP contribution in [0.3, 0.4) is 0 Å². The fourth-order valence-electron chi connectivity index (χ4n) is 2.09. The molecule has 2 aromatic rings. The third-order valence-corrected chi connectivity index (χ3v) is 3.78. The standard InChI is InChI=1S/C15H14BrNO3/c1-10-12(15(19)20)9-13(16)14(18)17(10)8-7-11-5-3-2-4-6-11/h2-6,9H,7-8H2,1H3,(H,19,20). The third-order valence-electron chi connectivity index (χ3n) is 3.21. The van der Waals surface area contributed by atoms with Crippen molar-refractivity contribution in [1.82, 2.24) is 4.57 Å². The van der Waals surface area contributed by atoms with Crippen molar-refractivity contribution in [1.29, 1.82) is 0 Å². The zero-order chi connectivity index (χ0) is 14.7. The topological polar surface area (TPSA) is 59.3 Å². The van der Waals surface area contributed by atoms with E-state index in [0.29, 0.717) is 18.7 Å². The molecule has 0 saturated heterocycles. The molecule has 0 saturated carbocycles. The molecular formula is C15H14BrNO3. The lowest BCUT2D eigenvalue weighted by atomic mass is 10.1. The number of aromatic carboxylic acids is 1. The molecule has 2 rings (SSSR count). The van der Waals surface area contributed by atoms with E-state index in [0.717, 1.165) is 5.56 Å². The summed E-state index contributed by atoms with van der Waals surface area (Å²) in [5.41, 5.74) is 1.52. The van der Waals surface area contributed by atoms with Gasteiger partial charge in [0.05, 0.1) is 10.0 Å². The van der Waals surface area contributed by atoms with Crippen molar-refractivity contribution in [3.8, 4) is 0 Å². The van der Waals surface area contributed by atoms with Crippen molar-refractivity contribution in [2.45, 2.75) is 19.9 Å². The summed E-state index contributed by atoms with van der Waals surface area (Å²) in [6.07, 6.45) is 0.678. The first-order valence-corrected chi connectivity index (χ1v) is 6.97. The molecule has 0 unspecified atom stereocenters. The molecule has 5 heteroatoms. The Hall–Kier alpha value is -1.88. The number of carboxylic acid groups (broad SMARTS) is 1. The number of rotatable bonds is 4. The van der Waals surface area contributed by atoms with Crippen LogP contribution in [-0.4, -0.2) is 15.6 Å². The molecule has 20 heavy (non-hydrogen) atoms. The Bertz CT molecular complexity index is 692. The van der Waals surface area contributed by atoms with Gasteiger partial charge in [-0.25, -0.2) is 4.79 Å². The molecule has 1 heterocycles. The van der Waals surface area contributed by atoms with Gasteiger partial charge in [-0.15, -0.1) is 0 Å². The highest BCUT2D eigenvalue weighted by atomic mass is 79.9. The lowest BCUT2D eigenvalue weighted by Gasteiger charge is -2.13. The minimum Gasteiger partial charge on any atom is -0.478 e. The smallest absolute Gasteiger partial charge is 0.337 e. The minimum absolute atomic E-state index is 0.143. The zero-order valence-corrected chi connectivity index (χ0v) is 12.6. The first kappa shape index (κ1) is 14.5. The van der Waals surface area contributed by atoms with Gasteiger partial charge in [-0.05, 0) is 40.9 Å². The van der Waals surface area contributed by atoms with Gasteiger partial charge >= 0.3 is 5.97 Å². The van der Waals surface area contributed by atoms with Crippen LogP contribution < -0.4 is 5.56 Å². The number of carbonyl (C=O) groups is 1. The van der Waals surface area contributed by atoms with E-state index in [-0.39, 0.29) is 15.6 Å². The summed E-state index contributed by atoms with van der Waals surface area (Å²) in [5.74, 6) is -1.03. The molecule has 1 aromatic carbocycles. The lowest BCUT2D eigenvalue weighted by Crippen LogP contribution is -2.26. The molecule has 0 aliphatic rings. The van der Waals surface area contributed by atoms with Gasteiger partial charge in [0.1, 0.15) is 0 Å². The Morgan fingerprint density at radius 2 is 1.95 bits per heavy atom. The predicted molar refractivity (Wildman–Crippen MR) is 80.2 cm³/mol. The molecule has 0 aliphatic heterocycles. The van der Waals surface area contributed by atoms with Gasteiger partial charge in [-0.1, -0.05) is 30.3 Å². The number of benzene rings is 1. The number of carboxylic acids is 1. The number of hydrogen-bond acceptors (Lipinski definition) is 2. The molecule has 0 radical (unpaired) electrons. The second-order valence-corrected chi connectivity index (χ2v) is 5.34. The van der Waals surface area contributed by atoms with Crippen molar-refractivity contribution >= 4 is 21.9 Å². The second kappa shape index (κ2) is 6.05. The van der Waals surface area contributed by atoms with Crippen LogP contribution >= 0.6 is 15.9 Å². The Morgan fingerprint density at radius 1 is 1.30 bits per heavy atom. The fourth-order valence-corrected chi connectivity index (χ4v) is 2.53. The number of hydrogen-bond donors (Lipinski definition) is 1. The summed E-state index contributed by atoms with van der Waals surface area (Å²) < 4.78 is 1.77. The molecule has 0 bridgehead atoms. The van der Waals surface area contributed by atoms with Gasteiger partial charge < -0.3 is 9.67 Å². The molecule has 1 aromatic heterocycles. The minimum atomic E-state index is -1.03. The molecule has 0 atom stereocenters. The molecule has 104 valence electrons. The van der Waals surface area contributed by atoms with Gasteiger partial charge in [-0.2, -0.15) is 0 Å². The zero-order valence-electron chi connectivity index (χ0n) is 11.0. The molecule has 4 nitrogen and oxygen atoms in total. The van der Waals surface area contributed by atoms with E-state index in [1.165, 1.54) is 10.6 Å². The maximum absolute atomic E-state index is 12.1. The summed E-state index contributed by atoms with van der Waals surface area (Å²) in [5, 5.41) is 9.15. The summed E-state index contributed by atoms with van der Waals surface area (Å²) in [6, 6.07) is 11.1. The fraction of sp³-hybridized carbons (Fsp3) is 0.200. The van der Waals surface area contributed by atoms with Gasteiger partial charge in [0.15, 0.2) is 0 Å². The van der Waals surface area contributed by atoms with Gasteiger partial charge in [0.2, 0.25) is 0 Å². The maximum atomic E-state index is 12.1. The Kier molecular flexibility index (Phi) is 4.39. The van der Waals surface area contributed by atoms with Crippen LogP contribution in [0.15, 0.2) is 45.7 Å². The van der Waals surface area contributed by atoms with E-state index >= 15 is 0 Å². The average Bonchev–Trinajstić information content (AvgIpc) is 2.43. The van der Waals surface area contributed by atoms with Crippen LogP contribution in [0.5, 0.6) is 0 Å². The van der Waals surface area contributed by atoms with Crippen molar-refractivity contribution in [3.05, 3.63) is 68.0 Å². The molecule has 1 N–H and O–H groups in total. The Morgan fingerprint density at radius 3 is 2.55 bits per heavy atom. The van der Waals surface area contributed by atoms with Crippen molar-refractivity contribution < 1.29 is 9.90 Å². The summed E-state index contributed by atoms with van der Waals surface area (Å²) >= 11 is 3.13. The van der Waals surface area contributed by atoms with Gasteiger partial charge in [0.25, 0.3) is 5.56 Å². The van der Waals surface area contributed by atoms with Crippen molar-refractivity contribution in [2.24, 2.45) is 0 Å². The quantitative estimate of drug-likeness (QED) is 0.934. The largest absolute Gasteiger partial charge is 0.478 e. The number of aryl methyl sites for hydroxylation is 1. The number of nitrogens with zero attached hydrogens (tertiary/aromatic N) is 1. The number of aromatic nitrogens is 1. The van der Waals surface area contributed by atoms with Gasteiger partial charge in [-0.3, -0.25) is 4.79 Å². The Balaban J connectivity index is 2.36. The van der Waals surface area contributed by atoms with Crippen LogP contribution in [0.1, 0.15) is 21.6 Å². The van der Waals surface area contributed by atoms with E-state index in [1.54, 1.807) is 6.92 Å². The van der Waals surface area contributed by atoms with Crippen molar-refractivity contribution in [3.63, 3.8) is 0 Å². The molecule has 0 spiro atoms. The SMILES string of the molecule is Cc1c(C(=O)O)cc(Br)c(=O)n1CCc1ccccc1. The summed E-state index contributed by atoms with van der Waals surface area (Å²) in [7, 11) is 0. The van der Waals surface area contributed by atoms with E-state index in [9.17, 15) is 9.59 Å². The lowest BCUT2D eigenvalue weighted by molar-refractivity contribution is 0.0694. The van der Waals surface area contributed by atoms with Crippen LogP contribution in [0.25, 0.3) is 0 Å². The third kappa shape index (κ3) is 2.99. The monoisotopic (exact) mass is 335 g/mol. The van der Waals surface area contributed by atoms with Crippen molar-refractivity contribution in [2.75, 3.05) is 0 Å². The molecule has 0 aliphatic carbocycles. The normalized spacial score (nSPS) is 10.5. The van der Waals surface area contributed by atoms with E-state index < -0.39 is 5.97 Å². The highest BCUT2D eigenvalue weighted by Crippen LogP contribution is 2.13. The summed E-state index contributed by atoms with van der Waals surface area (Å²) in [4.78, 5) is 23.3. The van der Waals surface area contributed by atoms with Crippen LogP contribution in [0.2, 0.25) is 0 Å². The molecule has 0 fully saturated rings. The van der Waals surface area contributed by atoms with Crippen LogP contribution in [0.4, 0.5) is 0 Å². The first-order valence-electron chi connectivity index (χ1n) is 6.18. The summed E-state index contributed by atoms with van der Waals surface area (Å²) in [6.45, 7) is 2.11. The number of halogens is 1. The second-order valence-electron chi connectivity index (χ2n) is 4.49. The first-order chi connectivity index (χ1) is 9.50. The highest BCUT2D eigenvalue weighted by Gasteiger charge is 2.14. The van der Waals surface area contributed by atoms with E-state index in [2.05, 4.69) is 15.9 Å². The highest BCUT2D eigenvalue weighted by molar-refractivity contribution is 9.10. The Labute approximate surface area is 124 Å². The van der Waals surface area contributed by atoms with E-state index in [1.807, 2.05) is 30.3 Å². The molecule has 0 amide bonds. The van der Waals surface area contributed by atoms with Crippen LogP contribution in [-0.2, 0) is 13.0 Å². The number of pyridine rings is 1. The average molecular weight is 336 g/mol. The maximum Gasteiger partial charge on any atom is 0.337 e. The van der Waals surface area contributed by atoms with E-state index in [4.69, 9.17) is 5.11 Å². The van der Waals surface area contributed by atoms with Gasteiger partial charge in [0, 0.05) is 12.2 Å². The van der Waals surface area contributed by atoms with Crippen LogP contribution in [0, 0.1) is 6.92 Å².